The minimum absolute atomic E-state index is 0.0219. The Balaban J connectivity index is 1.83. The van der Waals surface area contributed by atoms with E-state index in [4.69, 9.17) is 27.6 Å². The molecule has 25 heavy (non-hydrogen) atoms. The molecular weight excluding hydrogens is 383 g/mol. The quantitative estimate of drug-likeness (QED) is 0.746. The fraction of sp³-hybridized carbons (Fsp3) is 0.471. The highest BCUT2D eigenvalue weighted by Gasteiger charge is 2.32. The Morgan fingerprint density at radius 3 is 2.80 bits per heavy atom. The fourth-order valence-electron chi connectivity index (χ4n) is 2.77. The van der Waals surface area contributed by atoms with Crippen molar-refractivity contribution >= 4 is 33.2 Å². The number of benzene rings is 1. The van der Waals surface area contributed by atoms with Gasteiger partial charge in [-0.1, -0.05) is 37.0 Å². The summed E-state index contributed by atoms with van der Waals surface area (Å²) in [6.45, 7) is 4.81. The lowest BCUT2D eigenvalue weighted by Gasteiger charge is -2.25. The van der Waals surface area contributed by atoms with Crippen LogP contribution in [0.5, 0.6) is 0 Å². The second-order valence-corrected chi connectivity index (χ2v) is 9.32. The Hall–Kier alpha value is -1.08. The normalized spacial score (nSPS) is 15.6. The molecule has 8 heteroatoms. The van der Waals surface area contributed by atoms with Gasteiger partial charge in [-0.2, -0.15) is 4.31 Å². The number of aromatic nitrogens is 1. The van der Waals surface area contributed by atoms with Crippen LogP contribution in [0.1, 0.15) is 37.6 Å². The first kappa shape index (κ1) is 18.7. The number of halogens is 2. The maximum absolute atomic E-state index is 12.9. The molecule has 1 aromatic heterocycles. The lowest BCUT2D eigenvalue weighted by molar-refractivity contribution is 0.354. The van der Waals surface area contributed by atoms with Gasteiger partial charge in [0.15, 0.2) is 5.89 Å². The molecule has 3 rings (SSSR count). The second kappa shape index (κ2) is 7.27. The summed E-state index contributed by atoms with van der Waals surface area (Å²) < 4.78 is 33.0. The summed E-state index contributed by atoms with van der Waals surface area (Å²) in [5.41, 5.74) is 0.687. The van der Waals surface area contributed by atoms with Gasteiger partial charge in [0, 0.05) is 24.4 Å². The molecule has 0 N–H and O–H groups in total. The van der Waals surface area contributed by atoms with E-state index < -0.39 is 10.0 Å². The van der Waals surface area contributed by atoms with Crippen LogP contribution in [0.4, 0.5) is 0 Å². The molecule has 2 aromatic rings. The maximum atomic E-state index is 12.9. The zero-order valence-electron chi connectivity index (χ0n) is 14.1. The largest absolute Gasteiger partial charge is 0.445 e. The van der Waals surface area contributed by atoms with Crippen LogP contribution in [-0.2, 0) is 29.4 Å². The van der Waals surface area contributed by atoms with Crippen LogP contribution in [0.3, 0.4) is 0 Å². The molecule has 0 fully saturated rings. The highest BCUT2D eigenvalue weighted by molar-refractivity contribution is 7.89. The van der Waals surface area contributed by atoms with Crippen LogP contribution in [0, 0.1) is 5.92 Å². The lowest BCUT2D eigenvalue weighted by Crippen LogP contribution is -2.36. The van der Waals surface area contributed by atoms with Gasteiger partial charge in [0.25, 0.3) is 0 Å². The van der Waals surface area contributed by atoms with E-state index in [1.807, 2.05) is 0 Å². The third-order valence-electron chi connectivity index (χ3n) is 4.18. The average Bonchev–Trinajstić information content (AvgIpc) is 2.97. The van der Waals surface area contributed by atoms with Crippen molar-refractivity contribution in [2.45, 2.75) is 44.6 Å². The minimum Gasteiger partial charge on any atom is -0.445 e. The van der Waals surface area contributed by atoms with Gasteiger partial charge in [-0.15, -0.1) is 0 Å². The summed E-state index contributed by atoms with van der Waals surface area (Å²) in [6.07, 6.45) is 2.25. The van der Waals surface area contributed by atoms with Gasteiger partial charge in [0.05, 0.1) is 17.3 Å². The molecule has 0 radical (unpaired) electrons. The van der Waals surface area contributed by atoms with Crippen molar-refractivity contribution in [1.29, 1.82) is 0 Å². The third kappa shape index (κ3) is 4.03. The smallest absolute Gasteiger partial charge is 0.244 e. The van der Waals surface area contributed by atoms with E-state index in [1.165, 1.54) is 16.4 Å². The SMILES string of the molecule is CC(C)CCc1nc2c(o1)CCN(S(=O)(=O)c1cc(Cl)ccc1Cl)C2. The number of rotatable bonds is 5. The van der Waals surface area contributed by atoms with Crippen molar-refractivity contribution in [1.82, 2.24) is 9.29 Å². The van der Waals surface area contributed by atoms with Crippen LogP contribution in [0.25, 0.3) is 0 Å². The van der Waals surface area contributed by atoms with Crippen LogP contribution in [0.15, 0.2) is 27.5 Å². The Kier molecular flexibility index (Phi) is 5.44. The Morgan fingerprint density at radius 2 is 2.08 bits per heavy atom. The van der Waals surface area contributed by atoms with E-state index in [9.17, 15) is 8.42 Å². The fourth-order valence-corrected chi connectivity index (χ4v) is 4.91. The van der Waals surface area contributed by atoms with E-state index in [0.29, 0.717) is 35.5 Å². The van der Waals surface area contributed by atoms with Crippen molar-refractivity contribution < 1.29 is 12.8 Å². The number of fused-ring (bicyclic) bond motifs is 1. The van der Waals surface area contributed by atoms with Gasteiger partial charge in [-0.25, -0.2) is 13.4 Å². The predicted octanol–water partition coefficient (Wildman–Crippen LogP) is 4.32. The predicted molar refractivity (Wildman–Crippen MR) is 97.4 cm³/mol. The number of oxazole rings is 1. The van der Waals surface area contributed by atoms with E-state index >= 15 is 0 Å². The Morgan fingerprint density at radius 1 is 1.32 bits per heavy atom. The summed E-state index contributed by atoms with van der Waals surface area (Å²) in [5.74, 6) is 2.02. The molecule has 0 atom stereocenters. The number of nitrogens with zero attached hydrogens (tertiary/aromatic N) is 2. The van der Waals surface area contributed by atoms with Crippen molar-refractivity contribution in [2.24, 2.45) is 5.92 Å². The number of hydrogen-bond donors (Lipinski definition) is 0. The first-order valence-electron chi connectivity index (χ1n) is 8.20. The van der Waals surface area contributed by atoms with Gasteiger partial charge in [0.2, 0.25) is 10.0 Å². The summed E-state index contributed by atoms with van der Waals surface area (Å²) in [5, 5.41) is 0.492. The number of hydrogen-bond acceptors (Lipinski definition) is 4. The molecule has 136 valence electrons. The van der Waals surface area contributed by atoms with E-state index in [-0.39, 0.29) is 16.5 Å². The molecule has 0 bridgehead atoms. The first-order valence-corrected chi connectivity index (χ1v) is 10.4. The van der Waals surface area contributed by atoms with Crippen LogP contribution >= 0.6 is 23.2 Å². The molecular formula is C17H20Cl2N2O3S. The molecule has 1 aliphatic heterocycles. The van der Waals surface area contributed by atoms with Crippen molar-refractivity contribution in [3.8, 4) is 0 Å². The molecule has 0 unspecified atom stereocenters. The van der Waals surface area contributed by atoms with Crippen LogP contribution in [-0.4, -0.2) is 24.3 Å². The van der Waals surface area contributed by atoms with Crippen LogP contribution in [0.2, 0.25) is 10.0 Å². The summed E-state index contributed by atoms with van der Waals surface area (Å²) in [6, 6.07) is 4.44. The molecule has 5 nitrogen and oxygen atoms in total. The number of sulfonamides is 1. The van der Waals surface area contributed by atoms with Crippen molar-refractivity contribution in [3.05, 3.63) is 45.6 Å². The molecule has 0 saturated heterocycles. The van der Waals surface area contributed by atoms with Gasteiger partial charge < -0.3 is 4.42 Å². The summed E-state index contributed by atoms with van der Waals surface area (Å²) >= 11 is 12.0. The first-order chi connectivity index (χ1) is 11.8. The maximum Gasteiger partial charge on any atom is 0.244 e. The highest BCUT2D eigenvalue weighted by Crippen LogP contribution is 2.31. The molecule has 0 aliphatic carbocycles. The number of aryl methyl sites for hydroxylation is 1. The zero-order chi connectivity index (χ0) is 18.2. The standard InChI is InChI=1S/C17H20Cl2N2O3S/c1-11(2)3-6-17-20-14-10-21(8-7-15(14)24-17)25(22,23)16-9-12(18)4-5-13(16)19/h4-5,9,11H,3,6-8,10H2,1-2H3. The lowest BCUT2D eigenvalue weighted by atomic mass is 10.1. The van der Waals surface area contributed by atoms with E-state index in [0.717, 1.165) is 18.6 Å². The topological polar surface area (TPSA) is 63.4 Å². The average molecular weight is 403 g/mol. The third-order valence-corrected chi connectivity index (χ3v) is 6.75. The highest BCUT2D eigenvalue weighted by atomic mass is 35.5. The van der Waals surface area contributed by atoms with E-state index in [2.05, 4.69) is 18.8 Å². The molecule has 2 heterocycles. The van der Waals surface area contributed by atoms with Crippen molar-refractivity contribution in [3.63, 3.8) is 0 Å². The minimum atomic E-state index is -3.74. The molecule has 0 amide bonds. The van der Waals surface area contributed by atoms with E-state index in [1.54, 1.807) is 6.07 Å². The monoisotopic (exact) mass is 402 g/mol. The molecule has 0 saturated carbocycles. The molecule has 1 aliphatic rings. The van der Waals surface area contributed by atoms with Gasteiger partial charge in [-0.3, -0.25) is 0 Å². The molecule has 1 aromatic carbocycles. The van der Waals surface area contributed by atoms with Gasteiger partial charge in [0.1, 0.15) is 10.7 Å². The summed E-state index contributed by atoms with van der Waals surface area (Å²) in [4.78, 5) is 4.51. The van der Waals surface area contributed by atoms with Gasteiger partial charge >= 0.3 is 0 Å². The second-order valence-electron chi connectivity index (χ2n) is 6.57. The molecule has 0 spiro atoms. The summed E-state index contributed by atoms with van der Waals surface area (Å²) in [7, 11) is -3.74. The van der Waals surface area contributed by atoms with Crippen LogP contribution < -0.4 is 0 Å². The Bertz CT molecular complexity index is 878. The Labute approximate surface area is 158 Å². The van der Waals surface area contributed by atoms with Crippen molar-refractivity contribution in [2.75, 3.05) is 6.54 Å². The zero-order valence-corrected chi connectivity index (χ0v) is 16.5. The van der Waals surface area contributed by atoms with Gasteiger partial charge in [-0.05, 0) is 30.5 Å².